The number of halogens is 1. The summed E-state index contributed by atoms with van der Waals surface area (Å²) in [4.78, 5) is 0. The van der Waals surface area contributed by atoms with Gasteiger partial charge in [0.1, 0.15) is 0 Å². The van der Waals surface area contributed by atoms with E-state index in [1.807, 2.05) is 12.1 Å². The molecule has 1 aliphatic carbocycles. The Morgan fingerprint density at radius 2 is 1.89 bits per heavy atom. The van der Waals surface area contributed by atoms with Gasteiger partial charge in [0.15, 0.2) is 9.84 Å². The Kier molecular flexibility index (Phi) is 4.49. The van der Waals surface area contributed by atoms with Crippen molar-refractivity contribution < 1.29 is 8.42 Å². The van der Waals surface area contributed by atoms with Crippen LogP contribution in [0, 0.1) is 0 Å². The van der Waals surface area contributed by atoms with Crippen LogP contribution in [0.3, 0.4) is 0 Å². The van der Waals surface area contributed by atoms with Crippen LogP contribution in [0.1, 0.15) is 44.1 Å². The second-order valence-electron chi connectivity index (χ2n) is 4.98. The molecule has 0 bridgehead atoms. The van der Waals surface area contributed by atoms with Gasteiger partial charge in [-0.1, -0.05) is 35.0 Å². The summed E-state index contributed by atoms with van der Waals surface area (Å²) >= 11 is 3.49. The molecule has 1 fully saturated rings. The minimum absolute atomic E-state index is 0.106. The van der Waals surface area contributed by atoms with Gasteiger partial charge < -0.3 is 0 Å². The van der Waals surface area contributed by atoms with Crippen molar-refractivity contribution in [1.82, 2.24) is 0 Å². The number of benzene rings is 1. The monoisotopic (exact) mass is 330 g/mol. The quantitative estimate of drug-likeness (QED) is 0.841. The Labute approximate surface area is 118 Å². The molecule has 100 valence electrons. The summed E-state index contributed by atoms with van der Waals surface area (Å²) in [6, 6.07) is 8.37. The van der Waals surface area contributed by atoms with Crippen LogP contribution < -0.4 is 0 Å². The molecule has 0 heterocycles. The topological polar surface area (TPSA) is 34.1 Å². The van der Waals surface area contributed by atoms with E-state index in [0.717, 1.165) is 30.2 Å². The number of hydrogen-bond acceptors (Lipinski definition) is 2. The Morgan fingerprint density at radius 3 is 2.44 bits per heavy atom. The predicted molar refractivity (Wildman–Crippen MR) is 78.6 cm³/mol. The molecule has 2 rings (SSSR count). The van der Waals surface area contributed by atoms with Crippen molar-refractivity contribution in [3.8, 4) is 0 Å². The molecule has 1 aromatic rings. The van der Waals surface area contributed by atoms with Crippen LogP contribution in [0.5, 0.6) is 0 Å². The Morgan fingerprint density at radius 1 is 1.22 bits per heavy atom. The zero-order valence-electron chi connectivity index (χ0n) is 10.6. The van der Waals surface area contributed by atoms with Crippen LogP contribution in [-0.4, -0.2) is 19.4 Å². The molecule has 18 heavy (non-hydrogen) atoms. The molecule has 1 saturated carbocycles. The summed E-state index contributed by atoms with van der Waals surface area (Å²) in [5, 5.41) is -0.106. The number of rotatable bonds is 3. The fourth-order valence-corrected chi connectivity index (χ4v) is 4.63. The third-order valence-electron chi connectivity index (χ3n) is 3.90. The highest BCUT2D eigenvalue weighted by molar-refractivity contribution is 9.10. The van der Waals surface area contributed by atoms with E-state index in [9.17, 15) is 8.42 Å². The summed E-state index contributed by atoms with van der Waals surface area (Å²) in [7, 11) is -2.84. The molecule has 0 aliphatic heterocycles. The lowest BCUT2D eigenvalue weighted by Crippen LogP contribution is -2.27. The third-order valence-corrected chi connectivity index (χ3v) is 6.69. The fourth-order valence-electron chi connectivity index (χ4n) is 2.75. The van der Waals surface area contributed by atoms with Crippen LogP contribution in [0.4, 0.5) is 0 Å². The zero-order chi connectivity index (χ0) is 13.2. The molecule has 0 amide bonds. The second-order valence-corrected chi connectivity index (χ2v) is 8.47. The third kappa shape index (κ3) is 3.15. The highest BCUT2D eigenvalue weighted by Gasteiger charge is 2.30. The normalized spacial score (nSPS) is 25.0. The first-order valence-corrected chi connectivity index (χ1v) is 9.01. The van der Waals surface area contributed by atoms with Crippen LogP contribution >= 0.6 is 15.9 Å². The van der Waals surface area contributed by atoms with Gasteiger partial charge in [0.25, 0.3) is 0 Å². The summed E-state index contributed by atoms with van der Waals surface area (Å²) in [6.07, 6.45) is 3.60. The maximum absolute atomic E-state index is 11.8. The van der Waals surface area contributed by atoms with Crippen molar-refractivity contribution in [2.75, 3.05) is 5.75 Å². The molecule has 1 aromatic carbocycles. The first kappa shape index (κ1) is 14.1. The first-order chi connectivity index (χ1) is 8.53. The van der Waals surface area contributed by atoms with Gasteiger partial charge in [0.05, 0.1) is 5.25 Å². The molecule has 0 radical (unpaired) electrons. The van der Waals surface area contributed by atoms with Crippen molar-refractivity contribution in [1.29, 1.82) is 0 Å². The molecule has 0 atom stereocenters. The van der Waals surface area contributed by atoms with Crippen LogP contribution in [0.25, 0.3) is 0 Å². The standard InChI is InChI=1S/C14H19BrO2S/c1-2-18(16,17)14-8-6-11(7-9-14)12-4-3-5-13(15)10-12/h3-5,10-11,14H,2,6-9H2,1H3. The van der Waals surface area contributed by atoms with E-state index in [4.69, 9.17) is 0 Å². The SMILES string of the molecule is CCS(=O)(=O)C1CCC(c2cccc(Br)c2)CC1. The molecule has 0 spiro atoms. The highest BCUT2D eigenvalue weighted by atomic mass is 79.9. The summed E-state index contributed by atoms with van der Waals surface area (Å²) in [5.41, 5.74) is 1.33. The first-order valence-electron chi connectivity index (χ1n) is 6.50. The average molecular weight is 331 g/mol. The van der Waals surface area contributed by atoms with E-state index in [1.54, 1.807) is 6.92 Å². The van der Waals surface area contributed by atoms with Gasteiger partial charge in [-0.2, -0.15) is 0 Å². The predicted octanol–water partition coefficient (Wildman–Crippen LogP) is 3.91. The Hall–Kier alpha value is -0.350. The molecule has 0 aromatic heterocycles. The lowest BCUT2D eigenvalue weighted by molar-refractivity contribution is 0.435. The van der Waals surface area contributed by atoms with Gasteiger partial charge >= 0.3 is 0 Å². The fraction of sp³-hybridized carbons (Fsp3) is 0.571. The Balaban J connectivity index is 2.03. The van der Waals surface area contributed by atoms with Crippen molar-refractivity contribution in [2.24, 2.45) is 0 Å². The maximum Gasteiger partial charge on any atom is 0.152 e. The maximum atomic E-state index is 11.8. The van der Waals surface area contributed by atoms with E-state index in [-0.39, 0.29) is 11.0 Å². The molecular formula is C14H19BrO2S. The van der Waals surface area contributed by atoms with Gasteiger partial charge in [-0.05, 0) is 49.3 Å². The summed E-state index contributed by atoms with van der Waals surface area (Å²) < 4.78 is 24.8. The largest absolute Gasteiger partial charge is 0.229 e. The van der Waals surface area contributed by atoms with Crippen LogP contribution in [0.15, 0.2) is 28.7 Å². The lowest BCUT2D eigenvalue weighted by Gasteiger charge is -2.28. The smallest absolute Gasteiger partial charge is 0.152 e. The van der Waals surface area contributed by atoms with Gasteiger partial charge in [0, 0.05) is 10.2 Å². The van der Waals surface area contributed by atoms with E-state index in [1.165, 1.54) is 5.56 Å². The van der Waals surface area contributed by atoms with Crippen molar-refractivity contribution in [3.05, 3.63) is 34.3 Å². The molecule has 0 N–H and O–H groups in total. The average Bonchev–Trinajstić information content (AvgIpc) is 2.39. The molecule has 0 unspecified atom stereocenters. The van der Waals surface area contributed by atoms with Crippen LogP contribution in [0.2, 0.25) is 0 Å². The minimum atomic E-state index is -2.84. The summed E-state index contributed by atoms with van der Waals surface area (Å²) in [5.74, 6) is 0.796. The van der Waals surface area contributed by atoms with Gasteiger partial charge in [0.2, 0.25) is 0 Å². The molecular weight excluding hydrogens is 312 g/mol. The van der Waals surface area contributed by atoms with Gasteiger partial charge in [-0.15, -0.1) is 0 Å². The molecule has 2 nitrogen and oxygen atoms in total. The van der Waals surface area contributed by atoms with E-state index < -0.39 is 9.84 Å². The number of hydrogen-bond donors (Lipinski definition) is 0. The number of sulfone groups is 1. The van der Waals surface area contributed by atoms with E-state index in [0.29, 0.717) is 5.92 Å². The minimum Gasteiger partial charge on any atom is -0.229 e. The lowest BCUT2D eigenvalue weighted by atomic mass is 9.84. The Bertz CT molecular complexity index is 502. The van der Waals surface area contributed by atoms with Crippen molar-refractivity contribution >= 4 is 25.8 Å². The molecule has 4 heteroatoms. The van der Waals surface area contributed by atoms with Crippen LogP contribution in [-0.2, 0) is 9.84 Å². The van der Waals surface area contributed by atoms with Crippen molar-refractivity contribution in [2.45, 2.75) is 43.8 Å². The molecule has 0 saturated heterocycles. The van der Waals surface area contributed by atoms with E-state index in [2.05, 4.69) is 28.1 Å². The highest BCUT2D eigenvalue weighted by Crippen LogP contribution is 2.36. The molecule has 1 aliphatic rings. The van der Waals surface area contributed by atoms with Gasteiger partial charge in [-0.25, -0.2) is 8.42 Å². The van der Waals surface area contributed by atoms with E-state index >= 15 is 0 Å². The second kappa shape index (κ2) is 5.74. The zero-order valence-corrected chi connectivity index (χ0v) is 13.0. The van der Waals surface area contributed by atoms with Gasteiger partial charge in [-0.3, -0.25) is 0 Å². The van der Waals surface area contributed by atoms with Crippen molar-refractivity contribution in [3.63, 3.8) is 0 Å². The summed E-state index contributed by atoms with van der Waals surface area (Å²) in [6.45, 7) is 1.75.